The van der Waals surface area contributed by atoms with Crippen LogP contribution in [0, 0.1) is 0 Å². The molecule has 1 rings (SSSR count). The molecule has 5 heteroatoms. The Morgan fingerprint density at radius 3 is 2.68 bits per heavy atom. The minimum Gasteiger partial charge on any atom is -0.389 e. The van der Waals surface area contributed by atoms with Gasteiger partial charge in [0, 0.05) is 18.8 Å². The fraction of sp³-hybridized carbons (Fsp3) is 0.500. The van der Waals surface area contributed by atoms with Gasteiger partial charge in [0.15, 0.2) is 0 Å². The Morgan fingerprint density at radius 2 is 2.16 bits per heavy atom. The van der Waals surface area contributed by atoms with Crippen LogP contribution in [0.2, 0.25) is 0 Å². The van der Waals surface area contributed by atoms with Crippen LogP contribution in [0.25, 0.3) is 0 Å². The summed E-state index contributed by atoms with van der Waals surface area (Å²) in [6, 6.07) is 7.19. The molecule has 5 nitrogen and oxygen atoms in total. The predicted octanol–water partition coefficient (Wildman–Crippen LogP) is 1.77. The molecule has 0 aromatic heterocycles. The molecule has 0 saturated heterocycles. The zero-order valence-corrected chi connectivity index (χ0v) is 11.8. The first-order valence-electron chi connectivity index (χ1n) is 6.43. The first-order valence-corrected chi connectivity index (χ1v) is 6.43. The average molecular weight is 265 g/mol. The highest BCUT2D eigenvalue weighted by atomic mass is 16.3. The molecule has 0 aliphatic carbocycles. The van der Waals surface area contributed by atoms with Crippen LogP contribution in [0.1, 0.15) is 26.3 Å². The Bertz CT molecular complexity index is 427. The third-order valence-electron chi connectivity index (χ3n) is 2.66. The van der Waals surface area contributed by atoms with E-state index in [1.54, 1.807) is 18.7 Å². The van der Waals surface area contributed by atoms with Crippen LogP contribution in [0.15, 0.2) is 24.3 Å². The molecular formula is C14H23N3O2. The van der Waals surface area contributed by atoms with Crippen molar-refractivity contribution in [3.05, 3.63) is 29.8 Å². The van der Waals surface area contributed by atoms with E-state index in [-0.39, 0.29) is 12.6 Å². The molecule has 0 heterocycles. The van der Waals surface area contributed by atoms with E-state index in [4.69, 9.17) is 5.73 Å². The van der Waals surface area contributed by atoms with Gasteiger partial charge in [-0.25, -0.2) is 4.79 Å². The summed E-state index contributed by atoms with van der Waals surface area (Å²) in [4.78, 5) is 13.7. The lowest BCUT2D eigenvalue weighted by Crippen LogP contribution is -2.44. The summed E-state index contributed by atoms with van der Waals surface area (Å²) >= 11 is 0. The number of hydrogen-bond acceptors (Lipinski definition) is 3. The molecule has 1 aromatic carbocycles. The number of rotatable bonds is 5. The Kier molecular flexibility index (Phi) is 5.32. The number of nitrogens with one attached hydrogen (secondary N) is 1. The minimum absolute atomic E-state index is 0.223. The number of urea groups is 1. The van der Waals surface area contributed by atoms with Crippen LogP contribution in [-0.4, -0.2) is 34.7 Å². The molecule has 0 radical (unpaired) electrons. The molecule has 0 spiro atoms. The maximum absolute atomic E-state index is 12.1. The SMILES string of the molecule is CCN(CC(C)(C)O)C(=O)Nc1cccc(CN)c1. The smallest absolute Gasteiger partial charge is 0.321 e. The van der Waals surface area contributed by atoms with Crippen LogP contribution >= 0.6 is 0 Å². The fourth-order valence-electron chi connectivity index (χ4n) is 1.77. The van der Waals surface area contributed by atoms with Crippen LogP contribution in [0.3, 0.4) is 0 Å². The van der Waals surface area contributed by atoms with Gasteiger partial charge in [0.25, 0.3) is 0 Å². The molecule has 0 fully saturated rings. The molecule has 19 heavy (non-hydrogen) atoms. The van der Waals surface area contributed by atoms with Crippen LogP contribution in [-0.2, 0) is 6.54 Å². The van der Waals surface area contributed by atoms with Gasteiger partial charge in [-0.3, -0.25) is 0 Å². The largest absolute Gasteiger partial charge is 0.389 e. The number of carbonyl (C=O) groups is 1. The Balaban J connectivity index is 2.71. The third-order valence-corrected chi connectivity index (χ3v) is 2.66. The Labute approximate surface area is 114 Å². The summed E-state index contributed by atoms with van der Waals surface area (Å²) in [7, 11) is 0. The summed E-state index contributed by atoms with van der Waals surface area (Å²) in [6.45, 7) is 6.49. The van der Waals surface area contributed by atoms with E-state index < -0.39 is 5.60 Å². The molecule has 2 amide bonds. The zero-order valence-electron chi connectivity index (χ0n) is 11.8. The number of likely N-dealkylation sites (N-methyl/N-ethyl adjacent to an activating group) is 1. The number of anilines is 1. The zero-order chi connectivity index (χ0) is 14.5. The lowest BCUT2D eigenvalue weighted by atomic mass is 10.1. The van der Waals surface area contributed by atoms with Crippen molar-refractivity contribution in [2.24, 2.45) is 5.73 Å². The Hall–Kier alpha value is -1.59. The molecule has 0 atom stereocenters. The van der Waals surface area contributed by atoms with E-state index in [9.17, 15) is 9.90 Å². The molecule has 0 saturated carbocycles. The highest BCUT2D eigenvalue weighted by Crippen LogP contribution is 2.12. The van der Waals surface area contributed by atoms with E-state index >= 15 is 0 Å². The number of nitrogens with two attached hydrogens (primary N) is 1. The van der Waals surface area contributed by atoms with E-state index in [0.29, 0.717) is 18.8 Å². The van der Waals surface area contributed by atoms with E-state index in [1.807, 2.05) is 31.2 Å². The molecular weight excluding hydrogens is 242 g/mol. The second-order valence-corrected chi connectivity index (χ2v) is 5.16. The average Bonchev–Trinajstić information content (AvgIpc) is 2.35. The number of hydrogen-bond donors (Lipinski definition) is 3. The second kappa shape index (κ2) is 6.54. The second-order valence-electron chi connectivity index (χ2n) is 5.16. The molecule has 0 aliphatic heterocycles. The van der Waals surface area contributed by atoms with Crippen LogP contribution in [0.5, 0.6) is 0 Å². The number of nitrogens with zero attached hydrogens (tertiary/aromatic N) is 1. The van der Waals surface area contributed by atoms with Crippen molar-refractivity contribution in [2.45, 2.75) is 32.9 Å². The normalized spacial score (nSPS) is 11.2. The third kappa shape index (κ3) is 5.28. The van der Waals surface area contributed by atoms with Crippen molar-refractivity contribution in [1.29, 1.82) is 0 Å². The minimum atomic E-state index is -0.910. The number of benzene rings is 1. The van der Waals surface area contributed by atoms with Gasteiger partial charge >= 0.3 is 6.03 Å². The first kappa shape index (κ1) is 15.5. The van der Waals surface area contributed by atoms with Crippen LogP contribution < -0.4 is 11.1 Å². The van der Waals surface area contributed by atoms with Gasteiger partial charge in [-0.15, -0.1) is 0 Å². The number of aliphatic hydroxyl groups is 1. The van der Waals surface area contributed by atoms with Crippen molar-refractivity contribution in [2.75, 3.05) is 18.4 Å². The van der Waals surface area contributed by atoms with E-state index in [0.717, 1.165) is 5.56 Å². The summed E-state index contributed by atoms with van der Waals surface area (Å²) in [6.07, 6.45) is 0. The molecule has 0 unspecified atom stereocenters. The number of carbonyl (C=O) groups excluding carboxylic acids is 1. The van der Waals surface area contributed by atoms with Crippen molar-refractivity contribution in [3.8, 4) is 0 Å². The molecule has 106 valence electrons. The quantitative estimate of drug-likeness (QED) is 0.759. The van der Waals surface area contributed by atoms with Crippen molar-refractivity contribution in [1.82, 2.24) is 4.90 Å². The van der Waals surface area contributed by atoms with Gasteiger partial charge in [0.1, 0.15) is 0 Å². The van der Waals surface area contributed by atoms with Crippen molar-refractivity contribution < 1.29 is 9.90 Å². The standard InChI is InChI=1S/C14H23N3O2/c1-4-17(10-14(2,3)19)13(18)16-12-7-5-6-11(8-12)9-15/h5-8,19H,4,9-10,15H2,1-3H3,(H,16,18). The molecule has 0 aliphatic rings. The summed E-state index contributed by atoms with van der Waals surface area (Å²) < 4.78 is 0. The van der Waals surface area contributed by atoms with Gasteiger partial charge in [-0.2, -0.15) is 0 Å². The number of amides is 2. The maximum Gasteiger partial charge on any atom is 0.321 e. The van der Waals surface area contributed by atoms with Crippen LogP contribution in [0.4, 0.5) is 10.5 Å². The highest BCUT2D eigenvalue weighted by molar-refractivity contribution is 5.89. The molecule has 4 N–H and O–H groups in total. The van der Waals surface area contributed by atoms with Gasteiger partial charge < -0.3 is 21.1 Å². The van der Waals surface area contributed by atoms with Gasteiger partial charge in [0.05, 0.1) is 12.1 Å². The molecule has 0 bridgehead atoms. The van der Waals surface area contributed by atoms with Crippen molar-refractivity contribution >= 4 is 11.7 Å². The lowest BCUT2D eigenvalue weighted by molar-refractivity contribution is 0.0501. The monoisotopic (exact) mass is 265 g/mol. The van der Waals surface area contributed by atoms with Crippen molar-refractivity contribution in [3.63, 3.8) is 0 Å². The Morgan fingerprint density at radius 1 is 1.47 bits per heavy atom. The van der Waals surface area contributed by atoms with Gasteiger partial charge in [0.2, 0.25) is 0 Å². The molecule has 1 aromatic rings. The van der Waals surface area contributed by atoms with Gasteiger partial charge in [-0.05, 0) is 38.5 Å². The first-order chi connectivity index (χ1) is 8.85. The predicted molar refractivity (Wildman–Crippen MR) is 76.9 cm³/mol. The summed E-state index contributed by atoms with van der Waals surface area (Å²) in [5, 5.41) is 12.6. The summed E-state index contributed by atoms with van der Waals surface area (Å²) in [5.41, 5.74) is 6.32. The van der Waals surface area contributed by atoms with E-state index in [1.165, 1.54) is 0 Å². The lowest BCUT2D eigenvalue weighted by Gasteiger charge is -2.28. The van der Waals surface area contributed by atoms with E-state index in [2.05, 4.69) is 5.32 Å². The highest BCUT2D eigenvalue weighted by Gasteiger charge is 2.21. The topological polar surface area (TPSA) is 78.6 Å². The summed E-state index contributed by atoms with van der Waals surface area (Å²) in [5.74, 6) is 0. The fourth-order valence-corrected chi connectivity index (χ4v) is 1.77. The maximum atomic E-state index is 12.1. The van der Waals surface area contributed by atoms with Gasteiger partial charge in [-0.1, -0.05) is 12.1 Å².